The van der Waals surface area contributed by atoms with Gasteiger partial charge in [0.15, 0.2) is 0 Å². The van der Waals surface area contributed by atoms with E-state index >= 15 is 0 Å². The van der Waals surface area contributed by atoms with Crippen LogP contribution in [-0.2, 0) is 11.2 Å². The first kappa shape index (κ1) is 12.3. The zero-order valence-corrected chi connectivity index (χ0v) is 12.9. The quantitative estimate of drug-likeness (QED) is 0.738. The van der Waals surface area contributed by atoms with Crippen LogP contribution in [0, 0.1) is 5.41 Å². The molecular formula is C16H15BrN2O. The standard InChI is InChI=1S/C16H15BrN2O/c1-19-14-9-18-13-4-3-10(17)7-11(13)12(14)8-16(15(19)20)5-2-6-16/h3-4,7,9H,2,5-6,8H2,1H3. The summed E-state index contributed by atoms with van der Waals surface area (Å²) in [4.78, 5) is 18.9. The van der Waals surface area contributed by atoms with E-state index in [1.165, 1.54) is 17.4 Å². The van der Waals surface area contributed by atoms with Gasteiger partial charge in [-0.1, -0.05) is 22.4 Å². The molecule has 4 rings (SSSR count). The minimum absolute atomic E-state index is 0.141. The molecule has 1 aromatic heterocycles. The van der Waals surface area contributed by atoms with Crippen LogP contribution in [0.3, 0.4) is 0 Å². The molecule has 0 unspecified atom stereocenters. The first-order valence-corrected chi connectivity index (χ1v) is 7.75. The highest BCUT2D eigenvalue weighted by Crippen LogP contribution is 2.50. The van der Waals surface area contributed by atoms with E-state index in [1.54, 1.807) is 0 Å². The van der Waals surface area contributed by atoms with Crippen LogP contribution in [-0.4, -0.2) is 17.9 Å². The zero-order chi connectivity index (χ0) is 13.9. The summed E-state index contributed by atoms with van der Waals surface area (Å²) < 4.78 is 1.06. The molecule has 1 saturated carbocycles. The molecule has 20 heavy (non-hydrogen) atoms. The lowest BCUT2D eigenvalue weighted by Gasteiger charge is -2.47. The molecule has 102 valence electrons. The van der Waals surface area contributed by atoms with Crippen LogP contribution in [0.5, 0.6) is 0 Å². The predicted molar refractivity (Wildman–Crippen MR) is 82.8 cm³/mol. The van der Waals surface area contributed by atoms with E-state index in [-0.39, 0.29) is 11.3 Å². The molecule has 0 atom stereocenters. The Hall–Kier alpha value is -1.42. The van der Waals surface area contributed by atoms with Crippen molar-refractivity contribution in [1.29, 1.82) is 0 Å². The molecule has 0 bridgehead atoms. The van der Waals surface area contributed by atoms with Crippen LogP contribution in [0.25, 0.3) is 10.9 Å². The second-order valence-corrected chi connectivity index (χ2v) is 6.87. The maximum Gasteiger partial charge on any atom is 0.233 e. The summed E-state index contributed by atoms with van der Waals surface area (Å²) in [6, 6.07) is 6.17. The van der Waals surface area contributed by atoms with E-state index < -0.39 is 0 Å². The van der Waals surface area contributed by atoms with Crippen molar-refractivity contribution in [3.8, 4) is 0 Å². The fraction of sp³-hybridized carbons (Fsp3) is 0.375. The second-order valence-electron chi connectivity index (χ2n) is 5.96. The number of amides is 1. The summed E-state index contributed by atoms with van der Waals surface area (Å²) in [6.07, 6.45) is 5.92. The molecule has 2 aliphatic rings. The topological polar surface area (TPSA) is 33.2 Å². The molecule has 0 N–H and O–H groups in total. The Balaban J connectivity index is 1.99. The maximum absolute atomic E-state index is 12.6. The number of hydrogen-bond acceptors (Lipinski definition) is 2. The molecule has 3 nitrogen and oxygen atoms in total. The fourth-order valence-electron chi connectivity index (χ4n) is 3.56. The lowest BCUT2D eigenvalue weighted by Crippen LogP contribution is -2.51. The number of carbonyl (C=O) groups excluding carboxylic acids is 1. The van der Waals surface area contributed by atoms with Crippen LogP contribution in [0.15, 0.2) is 28.9 Å². The Bertz CT molecular complexity index is 737. The minimum Gasteiger partial charge on any atom is -0.313 e. The average Bonchev–Trinajstić information content (AvgIpc) is 2.40. The first-order valence-electron chi connectivity index (χ1n) is 6.96. The second kappa shape index (κ2) is 4.04. The number of pyridine rings is 1. The molecule has 4 heteroatoms. The minimum atomic E-state index is -0.141. The highest BCUT2D eigenvalue weighted by Gasteiger charge is 2.49. The Morgan fingerprint density at radius 1 is 1.35 bits per heavy atom. The predicted octanol–water partition coefficient (Wildman–Crippen LogP) is 3.69. The molecule has 1 fully saturated rings. The normalized spacial score (nSPS) is 20.1. The smallest absolute Gasteiger partial charge is 0.233 e. The van der Waals surface area contributed by atoms with Crippen LogP contribution in [0.2, 0.25) is 0 Å². The lowest BCUT2D eigenvalue weighted by atomic mass is 9.62. The van der Waals surface area contributed by atoms with Crippen LogP contribution in [0.1, 0.15) is 24.8 Å². The fourth-order valence-corrected chi connectivity index (χ4v) is 3.92. The highest BCUT2D eigenvalue weighted by atomic mass is 79.9. The Morgan fingerprint density at radius 2 is 2.15 bits per heavy atom. The Kier molecular flexibility index (Phi) is 2.49. The van der Waals surface area contributed by atoms with Gasteiger partial charge in [-0.2, -0.15) is 0 Å². The van der Waals surface area contributed by atoms with Crippen molar-refractivity contribution in [2.75, 3.05) is 11.9 Å². The van der Waals surface area contributed by atoms with Gasteiger partial charge in [-0.15, -0.1) is 0 Å². The van der Waals surface area contributed by atoms with E-state index in [2.05, 4.69) is 27.0 Å². The molecule has 2 aromatic rings. The summed E-state index contributed by atoms with van der Waals surface area (Å²) in [7, 11) is 1.88. The Morgan fingerprint density at radius 3 is 2.85 bits per heavy atom. The number of fused-ring (bicyclic) bond motifs is 3. The van der Waals surface area contributed by atoms with Crippen LogP contribution in [0.4, 0.5) is 5.69 Å². The van der Waals surface area contributed by atoms with E-state index in [4.69, 9.17) is 0 Å². The summed E-state index contributed by atoms with van der Waals surface area (Å²) in [5, 5.41) is 1.17. The van der Waals surface area contributed by atoms with Gasteiger partial charge >= 0.3 is 0 Å². The number of aromatic nitrogens is 1. The molecule has 2 heterocycles. The van der Waals surface area contributed by atoms with Gasteiger partial charge in [-0.25, -0.2) is 0 Å². The molecule has 1 spiro atoms. The van der Waals surface area contributed by atoms with Crippen molar-refractivity contribution in [1.82, 2.24) is 4.98 Å². The maximum atomic E-state index is 12.6. The van der Waals surface area contributed by atoms with E-state index in [9.17, 15) is 4.79 Å². The van der Waals surface area contributed by atoms with Gasteiger partial charge in [0.05, 0.1) is 22.8 Å². The van der Waals surface area contributed by atoms with E-state index in [0.29, 0.717) is 0 Å². The number of nitrogens with zero attached hydrogens (tertiary/aromatic N) is 2. The van der Waals surface area contributed by atoms with Crippen molar-refractivity contribution < 1.29 is 4.79 Å². The summed E-state index contributed by atoms with van der Waals surface area (Å²) in [5.74, 6) is 0.271. The van der Waals surface area contributed by atoms with Gasteiger partial charge in [-0.05, 0) is 43.0 Å². The third-order valence-electron chi connectivity index (χ3n) is 4.86. The van der Waals surface area contributed by atoms with E-state index in [0.717, 1.165) is 34.9 Å². The lowest BCUT2D eigenvalue weighted by molar-refractivity contribution is -0.133. The highest BCUT2D eigenvalue weighted by molar-refractivity contribution is 9.10. The van der Waals surface area contributed by atoms with Gasteiger partial charge in [0.1, 0.15) is 0 Å². The van der Waals surface area contributed by atoms with Gasteiger partial charge in [-0.3, -0.25) is 9.78 Å². The number of carbonyl (C=O) groups is 1. The number of benzene rings is 1. The third-order valence-corrected chi connectivity index (χ3v) is 5.36. The summed E-state index contributed by atoms with van der Waals surface area (Å²) >= 11 is 3.54. The van der Waals surface area contributed by atoms with Gasteiger partial charge in [0, 0.05) is 16.9 Å². The van der Waals surface area contributed by atoms with Crippen molar-refractivity contribution >= 4 is 38.4 Å². The molecular weight excluding hydrogens is 316 g/mol. The average molecular weight is 331 g/mol. The summed E-state index contributed by atoms with van der Waals surface area (Å²) in [6.45, 7) is 0. The van der Waals surface area contributed by atoms with Gasteiger partial charge in [0.25, 0.3) is 0 Å². The first-order chi connectivity index (χ1) is 9.61. The number of hydrogen-bond donors (Lipinski definition) is 0. The molecule has 1 aliphatic heterocycles. The Labute approximate surface area is 126 Å². The number of anilines is 1. The van der Waals surface area contributed by atoms with Crippen LogP contribution < -0.4 is 4.90 Å². The van der Waals surface area contributed by atoms with Crippen molar-refractivity contribution in [2.24, 2.45) is 5.41 Å². The van der Waals surface area contributed by atoms with Crippen molar-refractivity contribution in [3.63, 3.8) is 0 Å². The van der Waals surface area contributed by atoms with Crippen LogP contribution >= 0.6 is 15.9 Å². The third kappa shape index (κ3) is 1.51. The largest absolute Gasteiger partial charge is 0.313 e. The molecule has 0 radical (unpaired) electrons. The molecule has 1 amide bonds. The number of halogens is 1. The van der Waals surface area contributed by atoms with Gasteiger partial charge in [0.2, 0.25) is 5.91 Å². The summed E-state index contributed by atoms with van der Waals surface area (Å²) in [5.41, 5.74) is 3.11. The number of rotatable bonds is 0. The monoisotopic (exact) mass is 330 g/mol. The molecule has 1 aliphatic carbocycles. The molecule has 0 saturated heterocycles. The SMILES string of the molecule is CN1C(=O)C2(CCC2)Cc2c1cnc1ccc(Br)cc21. The zero-order valence-electron chi connectivity index (χ0n) is 11.3. The van der Waals surface area contributed by atoms with Crippen molar-refractivity contribution in [3.05, 3.63) is 34.4 Å². The van der Waals surface area contributed by atoms with E-state index in [1.807, 2.05) is 30.3 Å². The van der Waals surface area contributed by atoms with Gasteiger partial charge < -0.3 is 4.90 Å². The van der Waals surface area contributed by atoms with Crippen molar-refractivity contribution in [2.45, 2.75) is 25.7 Å². The molecule has 1 aromatic carbocycles.